The molecule has 0 aliphatic heterocycles. The van der Waals surface area contributed by atoms with Crippen LogP contribution in [0.15, 0.2) is 9.32 Å². The van der Waals surface area contributed by atoms with Gasteiger partial charge in [-0.15, -0.1) is 0 Å². The molecule has 19 heavy (non-hydrogen) atoms. The molecule has 0 saturated heterocycles. The van der Waals surface area contributed by atoms with Crippen molar-refractivity contribution in [1.82, 2.24) is 5.27 Å². The van der Waals surface area contributed by atoms with Crippen LogP contribution >= 0.6 is 0 Å². The molecule has 1 aromatic rings. The first-order valence-electron chi connectivity index (χ1n) is 6.62. The first-order valence-corrected chi connectivity index (χ1v) is 15.4. The molecule has 1 radical (unpaired) electrons. The van der Waals surface area contributed by atoms with Gasteiger partial charge in [-0.25, -0.2) is 4.79 Å². The number of nitrogens with one attached hydrogen (secondary N) is 1. The predicted octanol–water partition coefficient (Wildman–Crippen LogP) is 1.18. The molecular weight excluding hydrogens is 292 g/mol. The second-order valence-electron chi connectivity index (χ2n) is 6.54. The van der Waals surface area contributed by atoms with Crippen molar-refractivity contribution in [2.24, 2.45) is 7.05 Å². The van der Waals surface area contributed by atoms with Crippen LogP contribution in [0, 0.1) is 0 Å². The molecule has 1 rings (SSSR count). The number of rotatable bonds is 6. The SMILES string of the molecule is C[n+]1[nH]oc(=O)c1[Si](C)(C)CC[Si](C)(C)O[Si](C)C. The van der Waals surface area contributed by atoms with Crippen LogP contribution < -0.4 is 15.6 Å². The van der Waals surface area contributed by atoms with Gasteiger partial charge in [0.2, 0.25) is 0 Å². The number of aryl methyl sites for hydroxylation is 1. The zero-order chi connectivity index (χ0) is 14.8. The van der Waals surface area contributed by atoms with Crippen molar-refractivity contribution in [3.8, 4) is 0 Å². The van der Waals surface area contributed by atoms with Crippen LogP contribution in [-0.2, 0) is 11.2 Å². The second-order valence-corrected chi connectivity index (χ2v) is 17.9. The zero-order valence-corrected chi connectivity index (χ0v) is 16.1. The lowest BCUT2D eigenvalue weighted by molar-refractivity contribution is -0.725. The Morgan fingerprint density at radius 1 is 1.26 bits per heavy atom. The summed E-state index contributed by atoms with van der Waals surface area (Å²) in [4.78, 5) is 11.8. The minimum atomic E-state index is -1.79. The lowest BCUT2D eigenvalue weighted by atomic mass is 10.9. The number of H-pyrrole nitrogens is 1. The van der Waals surface area contributed by atoms with E-state index in [9.17, 15) is 4.79 Å². The van der Waals surface area contributed by atoms with E-state index in [1.807, 2.05) is 7.05 Å². The van der Waals surface area contributed by atoms with Crippen LogP contribution in [0.3, 0.4) is 0 Å². The Kier molecular flexibility index (Phi) is 5.15. The molecule has 8 heteroatoms. The normalized spacial score (nSPS) is 13.3. The molecule has 0 amide bonds. The van der Waals surface area contributed by atoms with E-state index in [0.29, 0.717) is 0 Å². The van der Waals surface area contributed by atoms with Crippen molar-refractivity contribution >= 4 is 30.7 Å². The maximum absolute atomic E-state index is 11.8. The minimum Gasteiger partial charge on any atom is -0.456 e. The van der Waals surface area contributed by atoms with Crippen LogP contribution in [0.25, 0.3) is 0 Å². The molecule has 0 aliphatic carbocycles. The van der Waals surface area contributed by atoms with Crippen LogP contribution in [0.1, 0.15) is 0 Å². The van der Waals surface area contributed by atoms with Crippen LogP contribution in [0.5, 0.6) is 0 Å². The van der Waals surface area contributed by atoms with E-state index in [1.165, 1.54) is 0 Å². The highest BCUT2D eigenvalue weighted by atomic mass is 28.4. The van der Waals surface area contributed by atoms with E-state index in [2.05, 4.69) is 44.6 Å². The summed E-state index contributed by atoms with van der Waals surface area (Å²) in [5.41, 5.74) is -0.213. The Labute approximate surface area is 118 Å². The molecule has 0 unspecified atom stereocenters. The maximum Gasteiger partial charge on any atom is 0.423 e. The highest BCUT2D eigenvalue weighted by Crippen LogP contribution is 2.20. The Balaban J connectivity index is 2.79. The third-order valence-corrected chi connectivity index (χ3v) is 12.4. The van der Waals surface area contributed by atoms with Gasteiger partial charge < -0.3 is 4.12 Å². The molecule has 0 saturated carbocycles. The maximum atomic E-state index is 11.8. The smallest absolute Gasteiger partial charge is 0.423 e. The van der Waals surface area contributed by atoms with E-state index in [4.69, 9.17) is 8.64 Å². The summed E-state index contributed by atoms with van der Waals surface area (Å²) in [6.07, 6.45) is 0. The monoisotopic (exact) mass is 318 g/mol. The molecule has 0 spiro atoms. The summed E-state index contributed by atoms with van der Waals surface area (Å²) in [5, 5.41) is 3.45. The van der Waals surface area contributed by atoms with Gasteiger partial charge in [0.1, 0.15) is 0 Å². The molecule has 1 heterocycles. The summed E-state index contributed by atoms with van der Waals surface area (Å²) in [6, 6.07) is 2.17. The summed E-state index contributed by atoms with van der Waals surface area (Å²) < 4.78 is 12.8. The van der Waals surface area contributed by atoms with Crippen molar-refractivity contribution in [3.05, 3.63) is 10.4 Å². The minimum absolute atomic E-state index is 0.213. The van der Waals surface area contributed by atoms with Crippen molar-refractivity contribution < 1.29 is 13.3 Å². The van der Waals surface area contributed by atoms with Gasteiger partial charge in [0.05, 0.1) is 0 Å². The summed E-state index contributed by atoms with van der Waals surface area (Å²) in [5.74, 6) is 0. The fourth-order valence-corrected chi connectivity index (χ4v) is 13.9. The van der Waals surface area contributed by atoms with Crippen molar-refractivity contribution in [2.75, 3.05) is 0 Å². The first-order chi connectivity index (χ1) is 8.55. The van der Waals surface area contributed by atoms with Crippen LogP contribution in [0.2, 0.25) is 51.4 Å². The highest BCUT2D eigenvalue weighted by Gasteiger charge is 2.40. The van der Waals surface area contributed by atoms with Crippen molar-refractivity contribution in [3.63, 3.8) is 0 Å². The number of nitrogens with zero attached hydrogens (tertiary/aromatic N) is 1. The van der Waals surface area contributed by atoms with E-state index >= 15 is 0 Å². The third kappa shape index (κ3) is 4.55. The Morgan fingerprint density at radius 2 is 1.84 bits per heavy atom. The molecule has 1 N–H and O–H groups in total. The van der Waals surface area contributed by atoms with Gasteiger partial charge in [0.15, 0.2) is 32.5 Å². The number of hydrogen-bond acceptors (Lipinski definition) is 3. The second kappa shape index (κ2) is 5.90. The lowest BCUT2D eigenvalue weighted by Gasteiger charge is -2.27. The van der Waals surface area contributed by atoms with Gasteiger partial charge in [0, 0.05) is 0 Å². The van der Waals surface area contributed by atoms with Gasteiger partial charge in [-0.2, -0.15) is 0 Å². The molecular formula is C11H26N2O3Si3+. The largest absolute Gasteiger partial charge is 0.456 e. The number of aromatic amines is 1. The molecule has 0 aliphatic rings. The Hall–Kier alpha value is -0.449. The molecule has 5 nitrogen and oxygen atoms in total. The summed E-state index contributed by atoms with van der Waals surface area (Å²) in [7, 11) is -2.18. The standard InChI is InChI=1S/C11H25N2O3Si3/c1-13-10(11(14)15-12-13)18(4,5)8-9-19(6,7)16-17(2)3/h8-9H2,1-7H3/p+1. The molecule has 0 aromatic carbocycles. The third-order valence-electron chi connectivity index (χ3n) is 3.28. The van der Waals surface area contributed by atoms with Gasteiger partial charge in [-0.05, 0) is 43.5 Å². The Morgan fingerprint density at radius 3 is 2.26 bits per heavy atom. The lowest BCUT2D eigenvalue weighted by Crippen LogP contribution is -2.64. The first kappa shape index (κ1) is 16.6. The molecule has 0 fully saturated rings. The molecule has 109 valence electrons. The van der Waals surface area contributed by atoms with Gasteiger partial charge in [-0.3, -0.25) is 4.52 Å². The molecule has 1 aromatic heterocycles. The zero-order valence-electron chi connectivity index (χ0n) is 13.1. The van der Waals surface area contributed by atoms with E-state index in [1.54, 1.807) is 4.68 Å². The van der Waals surface area contributed by atoms with Gasteiger partial charge in [0.25, 0.3) is 5.32 Å². The van der Waals surface area contributed by atoms with E-state index < -0.39 is 25.4 Å². The van der Waals surface area contributed by atoms with E-state index in [-0.39, 0.29) is 5.63 Å². The molecule has 0 atom stereocenters. The highest BCUT2D eigenvalue weighted by molar-refractivity contribution is 6.90. The topological polar surface area (TPSA) is 59.1 Å². The van der Waals surface area contributed by atoms with Crippen LogP contribution in [0.4, 0.5) is 0 Å². The quantitative estimate of drug-likeness (QED) is 0.633. The number of aromatic nitrogens is 2. The summed E-state index contributed by atoms with van der Waals surface area (Å²) >= 11 is 0. The van der Waals surface area contributed by atoms with Crippen molar-refractivity contribution in [1.29, 1.82) is 0 Å². The number of hydrogen-bond donors (Lipinski definition) is 1. The average Bonchev–Trinajstić information content (AvgIpc) is 2.55. The van der Waals surface area contributed by atoms with Crippen LogP contribution in [-0.4, -0.2) is 30.7 Å². The van der Waals surface area contributed by atoms with E-state index in [0.717, 1.165) is 17.4 Å². The average molecular weight is 319 g/mol. The molecule has 0 bridgehead atoms. The summed E-state index contributed by atoms with van der Waals surface area (Å²) in [6.45, 7) is 13.4. The predicted molar refractivity (Wildman–Crippen MR) is 83.3 cm³/mol. The van der Waals surface area contributed by atoms with Crippen molar-refractivity contribution in [2.45, 2.75) is 51.4 Å². The Bertz CT molecular complexity index is 480. The van der Waals surface area contributed by atoms with Gasteiger partial charge >= 0.3 is 5.63 Å². The fraction of sp³-hybridized carbons (Fsp3) is 0.818. The fourth-order valence-electron chi connectivity index (χ4n) is 2.41. The van der Waals surface area contributed by atoms with Gasteiger partial charge in [-0.1, -0.05) is 17.8 Å².